The number of nitrogens with zero attached hydrogens (tertiary/aromatic N) is 2. The van der Waals surface area contributed by atoms with Gasteiger partial charge in [-0.3, -0.25) is 14.3 Å². The van der Waals surface area contributed by atoms with Crippen molar-refractivity contribution in [1.29, 1.82) is 0 Å². The average molecular weight is 355 g/mol. The molecule has 0 saturated carbocycles. The van der Waals surface area contributed by atoms with Gasteiger partial charge in [-0.25, -0.2) is 4.98 Å². The highest BCUT2D eigenvalue weighted by Crippen LogP contribution is 2.27. The highest BCUT2D eigenvalue weighted by molar-refractivity contribution is 9.10. The van der Waals surface area contributed by atoms with Gasteiger partial charge in [-0.1, -0.05) is 0 Å². The van der Waals surface area contributed by atoms with Crippen molar-refractivity contribution in [3.05, 3.63) is 26.9 Å². The first-order valence-corrected chi connectivity index (χ1v) is 7.67. The largest absolute Gasteiger partial charge is 0.473 e. The molecule has 0 bridgehead atoms. The van der Waals surface area contributed by atoms with Crippen LogP contribution in [0.25, 0.3) is 0 Å². The van der Waals surface area contributed by atoms with Gasteiger partial charge in [-0.2, -0.15) is 8.42 Å². The van der Waals surface area contributed by atoms with Gasteiger partial charge >= 0.3 is 5.69 Å². The van der Waals surface area contributed by atoms with Crippen LogP contribution in [0.2, 0.25) is 0 Å². The molecule has 1 rings (SSSR count). The maximum Gasteiger partial charge on any atom is 0.332 e. The Morgan fingerprint density at radius 2 is 2.16 bits per heavy atom. The highest BCUT2D eigenvalue weighted by atomic mass is 79.9. The van der Waals surface area contributed by atoms with Gasteiger partial charge in [0.25, 0.3) is 16.0 Å². The lowest BCUT2D eigenvalue weighted by atomic mass is 10.4. The molecule has 0 aliphatic heterocycles. The van der Waals surface area contributed by atoms with E-state index in [1.165, 1.54) is 12.3 Å². The molecular formula is C9H11BrN2O6S. The Hall–Kier alpha value is -1.26. The number of rotatable bonds is 7. The third-order valence-electron chi connectivity index (χ3n) is 1.82. The molecule has 0 atom stereocenters. The third kappa shape index (κ3) is 5.94. The number of halogens is 1. The standard InChI is InChI=1S/C9H11BrN2O6S/c1-19(15,16)18-4-2-3-17-9-8(12(13)14)5-7(10)6-11-9/h5-6H,2-4H2,1H3. The summed E-state index contributed by atoms with van der Waals surface area (Å²) in [6.45, 7) is 0.00809. The Kier molecular flexibility index (Phi) is 5.63. The smallest absolute Gasteiger partial charge is 0.332 e. The lowest BCUT2D eigenvalue weighted by Crippen LogP contribution is -2.09. The normalized spacial score (nSPS) is 11.3. The molecule has 10 heteroatoms. The summed E-state index contributed by atoms with van der Waals surface area (Å²) in [4.78, 5) is 13.9. The molecule has 0 spiro atoms. The van der Waals surface area contributed by atoms with E-state index in [4.69, 9.17) is 4.74 Å². The van der Waals surface area contributed by atoms with E-state index in [9.17, 15) is 18.5 Å². The summed E-state index contributed by atoms with van der Waals surface area (Å²) in [5.41, 5.74) is -0.265. The van der Waals surface area contributed by atoms with Crippen LogP contribution in [0.15, 0.2) is 16.7 Å². The lowest BCUT2D eigenvalue weighted by Gasteiger charge is -2.05. The van der Waals surface area contributed by atoms with Crippen molar-refractivity contribution in [2.24, 2.45) is 0 Å². The van der Waals surface area contributed by atoms with Crippen molar-refractivity contribution < 1.29 is 22.3 Å². The van der Waals surface area contributed by atoms with Crippen molar-refractivity contribution in [1.82, 2.24) is 4.98 Å². The quantitative estimate of drug-likeness (QED) is 0.316. The first-order valence-electron chi connectivity index (χ1n) is 5.07. The second-order valence-electron chi connectivity index (χ2n) is 3.46. The molecule has 0 aliphatic carbocycles. The Bertz CT molecular complexity index is 562. The number of nitro groups is 1. The summed E-state index contributed by atoms with van der Waals surface area (Å²) in [7, 11) is -3.48. The molecule has 0 radical (unpaired) electrons. The van der Waals surface area contributed by atoms with Crippen LogP contribution >= 0.6 is 15.9 Å². The van der Waals surface area contributed by atoms with E-state index in [1.807, 2.05) is 0 Å². The summed E-state index contributed by atoms with van der Waals surface area (Å²) in [5.74, 6) is -0.118. The van der Waals surface area contributed by atoms with Crippen molar-refractivity contribution in [3.8, 4) is 5.88 Å². The van der Waals surface area contributed by atoms with Gasteiger partial charge < -0.3 is 4.74 Å². The van der Waals surface area contributed by atoms with Crippen LogP contribution in [0.1, 0.15) is 6.42 Å². The predicted molar refractivity (Wildman–Crippen MR) is 69.5 cm³/mol. The molecule has 0 amide bonds. The molecule has 0 fully saturated rings. The molecule has 19 heavy (non-hydrogen) atoms. The van der Waals surface area contributed by atoms with E-state index in [2.05, 4.69) is 25.1 Å². The highest BCUT2D eigenvalue weighted by Gasteiger charge is 2.17. The van der Waals surface area contributed by atoms with Gasteiger partial charge in [0.2, 0.25) is 0 Å². The van der Waals surface area contributed by atoms with Crippen LogP contribution in [0.4, 0.5) is 5.69 Å². The zero-order valence-corrected chi connectivity index (χ0v) is 12.3. The molecule has 0 N–H and O–H groups in total. The summed E-state index contributed by atoms with van der Waals surface area (Å²) >= 11 is 3.07. The van der Waals surface area contributed by atoms with Crippen LogP contribution in [-0.2, 0) is 14.3 Å². The molecule has 1 aromatic rings. The third-order valence-corrected chi connectivity index (χ3v) is 2.85. The van der Waals surface area contributed by atoms with Crippen molar-refractivity contribution in [2.45, 2.75) is 6.42 Å². The molecule has 1 aromatic heterocycles. The average Bonchev–Trinajstić information content (AvgIpc) is 2.28. The maximum atomic E-state index is 10.8. The summed E-state index contributed by atoms with van der Waals surface area (Å²) < 4.78 is 31.4. The number of hydrogen-bond acceptors (Lipinski definition) is 7. The topological polar surface area (TPSA) is 109 Å². The van der Waals surface area contributed by atoms with E-state index in [0.29, 0.717) is 4.47 Å². The Labute approximate surface area is 118 Å². The van der Waals surface area contributed by atoms with Crippen molar-refractivity contribution >= 4 is 31.7 Å². The summed E-state index contributed by atoms with van der Waals surface area (Å²) in [6, 6.07) is 1.27. The Morgan fingerprint density at radius 1 is 1.47 bits per heavy atom. The molecule has 0 aliphatic rings. The summed E-state index contributed by atoms with van der Waals surface area (Å²) in [6.07, 6.45) is 2.58. The maximum absolute atomic E-state index is 10.8. The minimum absolute atomic E-state index is 0.0524. The minimum Gasteiger partial charge on any atom is -0.473 e. The first-order chi connectivity index (χ1) is 8.79. The lowest BCUT2D eigenvalue weighted by molar-refractivity contribution is -0.386. The van der Waals surface area contributed by atoms with Gasteiger partial charge in [-0.05, 0) is 15.9 Å². The molecule has 0 unspecified atom stereocenters. The van der Waals surface area contributed by atoms with E-state index in [-0.39, 0.29) is 31.2 Å². The van der Waals surface area contributed by atoms with Crippen LogP contribution < -0.4 is 4.74 Å². The van der Waals surface area contributed by atoms with Gasteiger partial charge in [0, 0.05) is 23.2 Å². The van der Waals surface area contributed by atoms with Crippen LogP contribution in [0.3, 0.4) is 0 Å². The van der Waals surface area contributed by atoms with Crippen LogP contribution in [0, 0.1) is 10.1 Å². The first kappa shape index (κ1) is 15.8. The Morgan fingerprint density at radius 3 is 2.74 bits per heavy atom. The van der Waals surface area contributed by atoms with Gasteiger partial charge in [-0.15, -0.1) is 0 Å². The number of hydrogen-bond donors (Lipinski definition) is 0. The van der Waals surface area contributed by atoms with E-state index >= 15 is 0 Å². The van der Waals surface area contributed by atoms with E-state index < -0.39 is 15.0 Å². The predicted octanol–water partition coefficient (Wildman–Crippen LogP) is 1.50. The zero-order chi connectivity index (χ0) is 14.5. The van der Waals surface area contributed by atoms with Gasteiger partial charge in [0.05, 0.1) is 24.4 Å². The molecule has 0 aromatic carbocycles. The molecule has 1 heterocycles. The SMILES string of the molecule is CS(=O)(=O)OCCCOc1ncc(Br)cc1[N+](=O)[O-]. The second-order valence-corrected chi connectivity index (χ2v) is 6.02. The van der Waals surface area contributed by atoms with E-state index in [1.54, 1.807) is 0 Å². The van der Waals surface area contributed by atoms with E-state index in [0.717, 1.165) is 6.26 Å². The molecular weight excluding hydrogens is 344 g/mol. The monoisotopic (exact) mass is 354 g/mol. The minimum atomic E-state index is -3.48. The van der Waals surface area contributed by atoms with Gasteiger partial charge in [0.15, 0.2) is 0 Å². The second kappa shape index (κ2) is 6.78. The number of ether oxygens (including phenoxy) is 1. The number of pyridine rings is 1. The van der Waals surface area contributed by atoms with Crippen molar-refractivity contribution in [2.75, 3.05) is 19.5 Å². The Balaban J connectivity index is 2.52. The fraction of sp³-hybridized carbons (Fsp3) is 0.444. The molecule has 106 valence electrons. The fourth-order valence-electron chi connectivity index (χ4n) is 1.10. The summed E-state index contributed by atoms with van der Waals surface area (Å²) in [5, 5.41) is 10.8. The van der Waals surface area contributed by atoms with Crippen molar-refractivity contribution in [3.63, 3.8) is 0 Å². The molecule has 0 saturated heterocycles. The molecule has 8 nitrogen and oxygen atoms in total. The van der Waals surface area contributed by atoms with Crippen LogP contribution in [-0.4, -0.2) is 37.8 Å². The zero-order valence-electron chi connectivity index (χ0n) is 9.91. The van der Waals surface area contributed by atoms with Crippen LogP contribution in [0.5, 0.6) is 5.88 Å². The fourth-order valence-corrected chi connectivity index (χ4v) is 1.84. The number of aromatic nitrogens is 1. The van der Waals surface area contributed by atoms with Gasteiger partial charge in [0.1, 0.15) is 0 Å².